The Bertz CT molecular complexity index is 511. The molecule has 7 heteroatoms. The molecule has 0 saturated heterocycles. The van der Waals surface area contributed by atoms with Crippen LogP contribution in [0.25, 0.3) is 0 Å². The van der Waals surface area contributed by atoms with Crippen molar-refractivity contribution in [2.24, 2.45) is 5.73 Å². The van der Waals surface area contributed by atoms with E-state index >= 15 is 0 Å². The van der Waals surface area contributed by atoms with Crippen molar-refractivity contribution in [3.63, 3.8) is 0 Å². The Morgan fingerprint density at radius 3 is 2.11 bits per heavy atom. The molecule has 19 heavy (non-hydrogen) atoms. The quantitative estimate of drug-likeness (QED) is 0.608. The van der Waals surface area contributed by atoms with Gasteiger partial charge in [-0.25, -0.2) is 4.79 Å². The third-order valence-electron chi connectivity index (χ3n) is 2.53. The molecule has 0 unspecified atom stereocenters. The fourth-order valence-corrected chi connectivity index (χ4v) is 1.59. The third-order valence-corrected chi connectivity index (χ3v) is 2.53. The van der Waals surface area contributed by atoms with Crippen molar-refractivity contribution < 1.29 is 24.6 Å². The van der Waals surface area contributed by atoms with E-state index in [9.17, 15) is 14.4 Å². The van der Waals surface area contributed by atoms with Crippen LogP contribution in [0.3, 0.4) is 0 Å². The first kappa shape index (κ1) is 14.7. The Balaban J connectivity index is 3.08. The molecule has 0 aliphatic heterocycles. The van der Waals surface area contributed by atoms with Crippen molar-refractivity contribution in [3.05, 3.63) is 29.8 Å². The number of rotatable bonds is 5. The van der Waals surface area contributed by atoms with E-state index in [-0.39, 0.29) is 11.5 Å². The highest BCUT2D eigenvalue weighted by Gasteiger charge is 2.38. The van der Waals surface area contributed by atoms with Gasteiger partial charge in [0.25, 0.3) is 0 Å². The third kappa shape index (κ3) is 3.52. The Morgan fingerprint density at radius 2 is 1.74 bits per heavy atom. The van der Waals surface area contributed by atoms with E-state index in [0.29, 0.717) is 5.69 Å². The molecule has 0 heterocycles. The minimum atomic E-state index is -2.00. The van der Waals surface area contributed by atoms with Crippen molar-refractivity contribution in [2.75, 3.05) is 5.32 Å². The molecule has 0 saturated carbocycles. The molecule has 1 atom stereocenters. The Labute approximate surface area is 109 Å². The van der Waals surface area contributed by atoms with E-state index < -0.39 is 23.9 Å². The van der Waals surface area contributed by atoms with Crippen LogP contribution < -0.4 is 11.1 Å². The predicted molar refractivity (Wildman–Crippen MR) is 66.5 cm³/mol. The molecular formula is C12H14N2O5. The first-order valence-corrected chi connectivity index (χ1v) is 5.38. The molecule has 0 aliphatic carbocycles. The van der Waals surface area contributed by atoms with Crippen molar-refractivity contribution in [1.82, 2.24) is 0 Å². The lowest BCUT2D eigenvalue weighted by Gasteiger charge is -2.23. The van der Waals surface area contributed by atoms with Gasteiger partial charge in [0.2, 0.25) is 5.91 Å². The number of nitrogens with one attached hydrogen (secondary N) is 1. The molecule has 1 rings (SSSR count). The van der Waals surface area contributed by atoms with Crippen molar-refractivity contribution in [2.45, 2.75) is 18.9 Å². The maximum atomic E-state index is 11.2. The maximum Gasteiger partial charge on any atom is 0.328 e. The van der Waals surface area contributed by atoms with Gasteiger partial charge in [0, 0.05) is 12.6 Å². The molecule has 0 spiro atoms. The van der Waals surface area contributed by atoms with Gasteiger partial charge in [0.15, 0.2) is 5.54 Å². The second-order valence-electron chi connectivity index (χ2n) is 4.11. The number of carboxylic acid groups (broad SMARTS) is 2. The maximum absolute atomic E-state index is 11.2. The highest BCUT2D eigenvalue weighted by atomic mass is 16.4. The number of aliphatic carboxylic acids is 2. The molecular weight excluding hydrogens is 252 g/mol. The van der Waals surface area contributed by atoms with Gasteiger partial charge in [-0.2, -0.15) is 0 Å². The Kier molecular flexibility index (Phi) is 4.23. The number of hydrogen-bond donors (Lipinski definition) is 4. The predicted octanol–water partition coefficient (Wildman–Crippen LogP) is 0.358. The van der Waals surface area contributed by atoms with Crippen LogP contribution >= 0.6 is 0 Å². The van der Waals surface area contributed by atoms with Crippen LogP contribution in [0.5, 0.6) is 0 Å². The number of nitrogens with two attached hydrogens (primary N) is 1. The smallest absolute Gasteiger partial charge is 0.328 e. The van der Waals surface area contributed by atoms with E-state index in [1.165, 1.54) is 31.2 Å². The van der Waals surface area contributed by atoms with Gasteiger partial charge in [0.1, 0.15) is 0 Å². The summed E-state index contributed by atoms with van der Waals surface area (Å²) < 4.78 is 0. The summed E-state index contributed by atoms with van der Waals surface area (Å²) in [6.45, 7) is 1.34. The number of hydrogen-bond acceptors (Lipinski definition) is 4. The summed E-state index contributed by atoms with van der Waals surface area (Å²) in [6.07, 6.45) is -0.734. The molecule has 0 radical (unpaired) electrons. The molecule has 0 aromatic heterocycles. The standard InChI is InChI=1S/C12H14N2O5/c1-7(15)14-9-4-2-8(3-5-9)12(13,11(18)19)6-10(16)17/h2-5H,6,13H2,1H3,(H,14,15)(H,16,17)(H,18,19)/t12-/m1/s1. The number of anilines is 1. The minimum absolute atomic E-state index is 0.150. The van der Waals surface area contributed by atoms with Gasteiger partial charge in [-0.15, -0.1) is 0 Å². The second kappa shape index (κ2) is 5.49. The summed E-state index contributed by atoms with van der Waals surface area (Å²) in [4.78, 5) is 32.7. The zero-order valence-electron chi connectivity index (χ0n) is 10.2. The lowest BCUT2D eigenvalue weighted by molar-refractivity contribution is -0.150. The van der Waals surface area contributed by atoms with Crippen LogP contribution in [0.1, 0.15) is 18.9 Å². The summed E-state index contributed by atoms with van der Waals surface area (Å²) in [5, 5.41) is 20.3. The largest absolute Gasteiger partial charge is 0.481 e. The average molecular weight is 266 g/mol. The Morgan fingerprint density at radius 1 is 1.21 bits per heavy atom. The number of carbonyl (C=O) groups is 3. The highest BCUT2D eigenvalue weighted by Crippen LogP contribution is 2.24. The first-order chi connectivity index (χ1) is 8.75. The van der Waals surface area contributed by atoms with Crippen molar-refractivity contribution in [1.29, 1.82) is 0 Å². The van der Waals surface area contributed by atoms with E-state index in [2.05, 4.69) is 5.32 Å². The zero-order valence-corrected chi connectivity index (χ0v) is 10.2. The van der Waals surface area contributed by atoms with Gasteiger partial charge in [-0.05, 0) is 17.7 Å². The van der Waals surface area contributed by atoms with Gasteiger partial charge >= 0.3 is 11.9 Å². The molecule has 1 aromatic rings. The lowest BCUT2D eigenvalue weighted by atomic mass is 9.87. The number of amides is 1. The van der Waals surface area contributed by atoms with Crippen LogP contribution in [-0.2, 0) is 19.9 Å². The Hall–Kier alpha value is -2.41. The molecule has 7 nitrogen and oxygen atoms in total. The summed E-state index contributed by atoms with van der Waals surface area (Å²) in [5.41, 5.74) is 4.27. The molecule has 1 aromatic carbocycles. The number of carboxylic acids is 2. The lowest BCUT2D eigenvalue weighted by Crippen LogP contribution is -2.46. The molecule has 0 bridgehead atoms. The van der Waals surface area contributed by atoms with Gasteiger partial charge < -0.3 is 21.3 Å². The fraction of sp³-hybridized carbons (Fsp3) is 0.250. The van der Waals surface area contributed by atoms with E-state index in [1.807, 2.05) is 0 Å². The topological polar surface area (TPSA) is 130 Å². The summed E-state index contributed by atoms with van der Waals surface area (Å²) in [5.74, 6) is -3.01. The van der Waals surface area contributed by atoms with E-state index in [4.69, 9.17) is 15.9 Å². The molecule has 0 aliphatic rings. The summed E-state index contributed by atoms with van der Waals surface area (Å²) in [6, 6.07) is 5.68. The van der Waals surface area contributed by atoms with E-state index in [1.54, 1.807) is 0 Å². The van der Waals surface area contributed by atoms with Crippen LogP contribution in [0.2, 0.25) is 0 Å². The van der Waals surface area contributed by atoms with Crippen LogP contribution in [0.15, 0.2) is 24.3 Å². The summed E-state index contributed by atoms with van der Waals surface area (Å²) in [7, 11) is 0. The zero-order chi connectivity index (χ0) is 14.6. The molecule has 1 amide bonds. The second-order valence-corrected chi connectivity index (χ2v) is 4.11. The van der Waals surface area contributed by atoms with Crippen LogP contribution in [0.4, 0.5) is 5.69 Å². The van der Waals surface area contributed by atoms with Gasteiger partial charge in [-0.3, -0.25) is 9.59 Å². The van der Waals surface area contributed by atoms with Crippen LogP contribution in [-0.4, -0.2) is 28.1 Å². The summed E-state index contributed by atoms with van der Waals surface area (Å²) >= 11 is 0. The fourth-order valence-electron chi connectivity index (χ4n) is 1.59. The van der Waals surface area contributed by atoms with Crippen LogP contribution in [0, 0.1) is 0 Å². The monoisotopic (exact) mass is 266 g/mol. The molecule has 102 valence electrons. The number of carbonyl (C=O) groups excluding carboxylic acids is 1. The van der Waals surface area contributed by atoms with Crippen molar-refractivity contribution in [3.8, 4) is 0 Å². The minimum Gasteiger partial charge on any atom is -0.481 e. The van der Waals surface area contributed by atoms with Crippen molar-refractivity contribution >= 4 is 23.5 Å². The first-order valence-electron chi connectivity index (χ1n) is 5.38. The number of benzene rings is 1. The SMILES string of the molecule is CC(=O)Nc1ccc([C@](N)(CC(=O)O)C(=O)O)cc1. The van der Waals surface area contributed by atoms with E-state index in [0.717, 1.165) is 0 Å². The molecule has 0 fully saturated rings. The highest BCUT2D eigenvalue weighted by molar-refractivity contribution is 5.89. The molecule has 5 N–H and O–H groups in total. The van der Waals surface area contributed by atoms with Gasteiger partial charge in [-0.1, -0.05) is 12.1 Å². The average Bonchev–Trinajstić information content (AvgIpc) is 2.27. The van der Waals surface area contributed by atoms with Gasteiger partial charge in [0.05, 0.1) is 6.42 Å². The normalized spacial score (nSPS) is 13.4.